The van der Waals surface area contributed by atoms with Crippen LogP contribution in [0.4, 0.5) is 11.4 Å². The molecule has 0 fully saturated rings. The van der Waals surface area contributed by atoms with Crippen molar-refractivity contribution < 1.29 is 9.21 Å². The zero-order valence-corrected chi connectivity index (χ0v) is 11.0. The Labute approximate surface area is 116 Å². The molecule has 0 bridgehead atoms. The Morgan fingerprint density at radius 2 is 1.80 bits per heavy atom. The standard InChI is InChI=1S/C16H14N2O2/c1-10-6-2-4-8-12(10)18-16(19)15-14(17)11-7-3-5-9-13(11)20-15/h2-9H,17H2,1H3,(H,18,19). The van der Waals surface area contributed by atoms with Crippen molar-refractivity contribution in [2.45, 2.75) is 6.92 Å². The first-order valence-electron chi connectivity index (χ1n) is 6.31. The summed E-state index contributed by atoms with van der Waals surface area (Å²) in [5, 5.41) is 3.57. The van der Waals surface area contributed by atoms with Gasteiger partial charge in [-0.2, -0.15) is 0 Å². The molecular weight excluding hydrogens is 252 g/mol. The Kier molecular flexibility index (Phi) is 2.91. The van der Waals surface area contributed by atoms with Crippen LogP contribution in [-0.2, 0) is 0 Å². The van der Waals surface area contributed by atoms with E-state index in [1.807, 2.05) is 49.4 Å². The van der Waals surface area contributed by atoms with Crippen LogP contribution in [0.1, 0.15) is 16.1 Å². The molecule has 3 N–H and O–H groups in total. The molecule has 4 nitrogen and oxygen atoms in total. The molecule has 4 heteroatoms. The first-order chi connectivity index (χ1) is 9.66. The Hall–Kier alpha value is -2.75. The molecule has 0 aliphatic rings. The van der Waals surface area contributed by atoms with E-state index in [9.17, 15) is 4.79 Å². The van der Waals surface area contributed by atoms with E-state index < -0.39 is 0 Å². The summed E-state index contributed by atoms with van der Waals surface area (Å²) in [6, 6.07) is 14.9. The number of aryl methyl sites for hydroxylation is 1. The van der Waals surface area contributed by atoms with Crippen molar-refractivity contribution in [3.8, 4) is 0 Å². The molecule has 0 saturated carbocycles. The number of amides is 1. The third-order valence-electron chi connectivity index (χ3n) is 3.23. The molecule has 100 valence electrons. The molecule has 3 aromatic rings. The van der Waals surface area contributed by atoms with Crippen LogP contribution in [-0.4, -0.2) is 5.91 Å². The first-order valence-corrected chi connectivity index (χ1v) is 6.31. The number of anilines is 2. The number of rotatable bonds is 2. The zero-order valence-electron chi connectivity index (χ0n) is 11.0. The number of nitrogens with two attached hydrogens (primary N) is 1. The highest BCUT2D eigenvalue weighted by molar-refractivity contribution is 6.11. The highest BCUT2D eigenvalue weighted by Gasteiger charge is 2.18. The number of benzene rings is 2. The van der Waals surface area contributed by atoms with Gasteiger partial charge in [0.2, 0.25) is 5.76 Å². The lowest BCUT2D eigenvalue weighted by molar-refractivity contribution is 0.0999. The van der Waals surface area contributed by atoms with Gasteiger partial charge in [0.1, 0.15) is 5.58 Å². The third kappa shape index (κ3) is 2.01. The molecule has 1 aromatic heterocycles. The van der Waals surface area contributed by atoms with E-state index in [-0.39, 0.29) is 11.7 Å². The molecule has 3 rings (SSSR count). The number of hydrogen-bond donors (Lipinski definition) is 2. The maximum Gasteiger partial charge on any atom is 0.293 e. The minimum absolute atomic E-state index is 0.148. The molecule has 0 aliphatic heterocycles. The summed E-state index contributed by atoms with van der Waals surface area (Å²) < 4.78 is 5.54. The van der Waals surface area contributed by atoms with Crippen LogP contribution in [0, 0.1) is 6.92 Å². The van der Waals surface area contributed by atoms with Gasteiger partial charge in [-0.3, -0.25) is 4.79 Å². The van der Waals surface area contributed by atoms with Crippen LogP contribution < -0.4 is 11.1 Å². The van der Waals surface area contributed by atoms with Crippen molar-refractivity contribution in [1.82, 2.24) is 0 Å². The van der Waals surface area contributed by atoms with Gasteiger partial charge < -0.3 is 15.5 Å². The number of nitrogen functional groups attached to an aromatic ring is 1. The monoisotopic (exact) mass is 266 g/mol. The summed E-state index contributed by atoms with van der Waals surface area (Å²) in [6.07, 6.45) is 0. The highest BCUT2D eigenvalue weighted by Crippen LogP contribution is 2.28. The molecule has 0 radical (unpaired) electrons. The lowest BCUT2D eigenvalue weighted by Gasteiger charge is -2.06. The number of para-hydroxylation sites is 2. The van der Waals surface area contributed by atoms with E-state index in [2.05, 4.69) is 5.32 Å². The van der Waals surface area contributed by atoms with E-state index >= 15 is 0 Å². The Balaban J connectivity index is 1.97. The van der Waals surface area contributed by atoms with Crippen molar-refractivity contribution in [2.75, 3.05) is 11.1 Å². The molecule has 0 atom stereocenters. The van der Waals surface area contributed by atoms with Crippen molar-refractivity contribution >= 4 is 28.3 Å². The number of carbonyl (C=O) groups is 1. The van der Waals surface area contributed by atoms with Gasteiger partial charge in [0.05, 0.1) is 5.69 Å². The number of furan rings is 1. The lowest BCUT2D eigenvalue weighted by atomic mass is 10.2. The maximum atomic E-state index is 12.3. The number of fused-ring (bicyclic) bond motifs is 1. The molecule has 1 heterocycles. The average Bonchev–Trinajstić information content (AvgIpc) is 2.79. The normalized spacial score (nSPS) is 10.7. The molecule has 1 amide bonds. The summed E-state index contributed by atoms with van der Waals surface area (Å²) in [6.45, 7) is 1.93. The Morgan fingerprint density at radius 3 is 2.55 bits per heavy atom. The number of hydrogen-bond acceptors (Lipinski definition) is 3. The lowest BCUT2D eigenvalue weighted by Crippen LogP contribution is -2.13. The third-order valence-corrected chi connectivity index (χ3v) is 3.23. The average molecular weight is 266 g/mol. The fourth-order valence-electron chi connectivity index (χ4n) is 2.13. The van der Waals surface area contributed by atoms with Gasteiger partial charge in [-0.25, -0.2) is 0 Å². The van der Waals surface area contributed by atoms with Crippen LogP contribution in [0.2, 0.25) is 0 Å². The second-order valence-corrected chi connectivity index (χ2v) is 4.61. The molecule has 0 aliphatic carbocycles. The summed E-state index contributed by atoms with van der Waals surface area (Å²) in [4.78, 5) is 12.3. The van der Waals surface area contributed by atoms with Crippen molar-refractivity contribution in [1.29, 1.82) is 0 Å². The van der Waals surface area contributed by atoms with E-state index in [1.54, 1.807) is 6.07 Å². The van der Waals surface area contributed by atoms with Gasteiger partial charge in [-0.1, -0.05) is 30.3 Å². The number of nitrogens with one attached hydrogen (secondary N) is 1. The molecule has 0 saturated heterocycles. The SMILES string of the molecule is Cc1ccccc1NC(=O)c1oc2ccccc2c1N. The second kappa shape index (κ2) is 4.74. The fourth-order valence-corrected chi connectivity index (χ4v) is 2.13. The van der Waals surface area contributed by atoms with Crippen molar-refractivity contribution in [2.24, 2.45) is 0 Å². The van der Waals surface area contributed by atoms with E-state index in [0.29, 0.717) is 11.3 Å². The predicted octanol–water partition coefficient (Wildman–Crippen LogP) is 3.58. The molecule has 20 heavy (non-hydrogen) atoms. The summed E-state index contributed by atoms with van der Waals surface area (Å²) >= 11 is 0. The van der Waals surface area contributed by atoms with Crippen LogP contribution in [0.25, 0.3) is 11.0 Å². The number of carbonyl (C=O) groups excluding carboxylic acids is 1. The molecular formula is C16H14N2O2. The Bertz CT molecular complexity index is 790. The van der Waals surface area contributed by atoms with Gasteiger partial charge in [0.25, 0.3) is 5.91 Å². The fraction of sp³-hybridized carbons (Fsp3) is 0.0625. The molecule has 0 spiro atoms. The van der Waals surface area contributed by atoms with Gasteiger partial charge in [0, 0.05) is 11.1 Å². The van der Waals surface area contributed by atoms with Crippen LogP contribution in [0.15, 0.2) is 52.9 Å². The van der Waals surface area contributed by atoms with Crippen LogP contribution in [0.5, 0.6) is 0 Å². The van der Waals surface area contributed by atoms with Crippen molar-refractivity contribution in [3.63, 3.8) is 0 Å². The smallest absolute Gasteiger partial charge is 0.293 e. The zero-order chi connectivity index (χ0) is 14.1. The highest BCUT2D eigenvalue weighted by atomic mass is 16.3. The van der Waals surface area contributed by atoms with Crippen LogP contribution >= 0.6 is 0 Å². The van der Waals surface area contributed by atoms with Gasteiger partial charge in [-0.05, 0) is 30.7 Å². The quantitative estimate of drug-likeness (QED) is 0.745. The van der Waals surface area contributed by atoms with E-state index in [4.69, 9.17) is 10.2 Å². The van der Waals surface area contributed by atoms with Crippen molar-refractivity contribution in [3.05, 3.63) is 59.9 Å². The van der Waals surface area contributed by atoms with Gasteiger partial charge >= 0.3 is 0 Å². The summed E-state index contributed by atoms with van der Waals surface area (Å²) in [5.74, 6) is -0.192. The van der Waals surface area contributed by atoms with E-state index in [0.717, 1.165) is 16.6 Å². The molecule has 0 unspecified atom stereocenters. The largest absolute Gasteiger partial charge is 0.449 e. The topological polar surface area (TPSA) is 68.3 Å². The second-order valence-electron chi connectivity index (χ2n) is 4.61. The maximum absolute atomic E-state index is 12.3. The first kappa shape index (κ1) is 12.3. The Morgan fingerprint density at radius 1 is 1.10 bits per heavy atom. The minimum atomic E-state index is -0.340. The van der Waals surface area contributed by atoms with Gasteiger partial charge in [-0.15, -0.1) is 0 Å². The predicted molar refractivity (Wildman–Crippen MR) is 79.8 cm³/mol. The van der Waals surface area contributed by atoms with E-state index in [1.165, 1.54) is 0 Å². The summed E-state index contributed by atoms with van der Waals surface area (Å²) in [5.41, 5.74) is 8.68. The van der Waals surface area contributed by atoms with Crippen LogP contribution in [0.3, 0.4) is 0 Å². The van der Waals surface area contributed by atoms with Gasteiger partial charge in [0.15, 0.2) is 0 Å². The minimum Gasteiger partial charge on any atom is -0.449 e. The molecule has 2 aromatic carbocycles. The summed E-state index contributed by atoms with van der Waals surface area (Å²) in [7, 11) is 0.